The fraction of sp³-hybridized carbons (Fsp3) is 0.333. The number of nitrogens with one attached hydrogen (secondary N) is 1. The molecule has 0 radical (unpaired) electrons. The van der Waals surface area contributed by atoms with Gasteiger partial charge in [0.05, 0.1) is 6.54 Å². The maximum Gasteiger partial charge on any atom is 0.253 e. The van der Waals surface area contributed by atoms with Crippen LogP contribution in [0.15, 0.2) is 42.7 Å². The van der Waals surface area contributed by atoms with E-state index in [1.54, 1.807) is 6.20 Å². The average molecular weight is 271 g/mol. The van der Waals surface area contributed by atoms with E-state index in [0.717, 1.165) is 24.1 Å². The fourth-order valence-electron chi connectivity index (χ4n) is 2.34. The second-order valence-electron chi connectivity index (χ2n) is 4.89. The molecule has 1 N–H and O–H groups in total. The number of anilines is 1. The van der Waals surface area contributed by atoms with Crippen molar-refractivity contribution in [2.24, 2.45) is 0 Å². The molecule has 1 fully saturated rings. The van der Waals surface area contributed by atoms with Crippen LogP contribution >= 0.6 is 0 Å². The number of hydrogen-bond donors (Lipinski definition) is 1. The number of amides is 1. The lowest BCUT2D eigenvalue weighted by Crippen LogP contribution is -2.26. The summed E-state index contributed by atoms with van der Waals surface area (Å²) >= 11 is 0. The van der Waals surface area contributed by atoms with E-state index in [1.807, 2.05) is 41.2 Å². The van der Waals surface area contributed by atoms with Gasteiger partial charge in [-0.1, -0.05) is 12.1 Å². The fourth-order valence-corrected chi connectivity index (χ4v) is 2.34. The zero-order valence-electron chi connectivity index (χ0n) is 11.2. The van der Waals surface area contributed by atoms with E-state index >= 15 is 0 Å². The molecule has 0 saturated carbocycles. The highest BCUT2D eigenvalue weighted by Crippen LogP contribution is 2.16. The van der Waals surface area contributed by atoms with Crippen LogP contribution in [0.1, 0.15) is 18.4 Å². The number of nitrogens with zero attached hydrogens (tertiary/aromatic N) is 2. The molecule has 1 unspecified atom stereocenters. The van der Waals surface area contributed by atoms with Crippen LogP contribution < -0.4 is 5.32 Å². The van der Waals surface area contributed by atoms with Crippen molar-refractivity contribution in [2.45, 2.75) is 25.5 Å². The van der Waals surface area contributed by atoms with E-state index in [-0.39, 0.29) is 12.0 Å². The maximum absolute atomic E-state index is 12.0. The Morgan fingerprint density at radius 3 is 3.15 bits per heavy atom. The summed E-state index contributed by atoms with van der Waals surface area (Å²) < 4.78 is 7.22. The number of benzene rings is 1. The predicted molar refractivity (Wildman–Crippen MR) is 75.4 cm³/mol. The summed E-state index contributed by atoms with van der Waals surface area (Å²) in [5.74, 6) is -0.0567. The molecule has 1 aliphatic rings. The van der Waals surface area contributed by atoms with E-state index in [4.69, 9.17) is 4.74 Å². The molecule has 1 saturated heterocycles. The summed E-state index contributed by atoms with van der Waals surface area (Å²) in [6.07, 6.45) is 5.13. The van der Waals surface area contributed by atoms with Gasteiger partial charge in [0, 0.05) is 24.7 Å². The highest BCUT2D eigenvalue weighted by molar-refractivity contribution is 5.94. The van der Waals surface area contributed by atoms with Gasteiger partial charge in [-0.3, -0.25) is 9.48 Å². The van der Waals surface area contributed by atoms with Crippen molar-refractivity contribution in [1.82, 2.24) is 9.78 Å². The molecule has 2 aromatic rings. The van der Waals surface area contributed by atoms with Gasteiger partial charge in [0.2, 0.25) is 0 Å². The zero-order valence-corrected chi connectivity index (χ0v) is 11.2. The summed E-state index contributed by atoms with van der Waals surface area (Å²) in [5.41, 5.74) is 1.90. The summed E-state index contributed by atoms with van der Waals surface area (Å²) in [6.45, 7) is 1.37. The molecule has 1 aromatic heterocycles. The van der Waals surface area contributed by atoms with E-state index in [2.05, 4.69) is 10.4 Å². The van der Waals surface area contributed by atoms with Crippen molar-refractivity contribution >= 4 is 11.6 Å². The molecule has 0 aliphatic carbocycles. The van der Waals surface area contributed by atoms with Crippen molar-refractivity contribution in [3.05, 3.63) is 48.3 Å². The molecule has 1 amide bonds. The second kappa shape index (κ2) is 5.88. The van der Waals surface area contributed by atoms with Crippen molar-refractivity contribution < 1.29 is 9.53 Å². The molecule has 0 spiro atoms. The smallest absolute Gasteiger partial charge is 0.253 e. The van der Waals surface area contributed by atoms with E-state index in [0.29, 0.717) is 13.2 Å². The van der Waals surface area contributed by atoms with Gasteiger partial charge in [-0.15, -0.1) is 0 Å². The molecular weight excluding hydrogens is 254 g/mol. The SMILES string of the molecule is O=C(Nc1cccc(Cn2cccn2)c1)C1CCCO1. The Morgan fingerprint density at radius 2 is 2.40 bits per heavy atom. The van der Waals surface area contributed by atoms with Crippen LogP contribution in [0.5, 0.6) is 0 Å². The van der Waals surface area contributed by atoms with E-state index in [9.17, 15) is 4.79 Å². The number of aromatic nitrogens is 2. The number of hydrogen-bond acceptors (Lipinski definition) is 3. The number of ether oxygens (including phenoxy) is 1. The van der Waals surface area contributed by atoms with Crippen LogP contribution in [0.3, 0.4) is 0 Å². The molecule has 104 valence electrons. The first-order chi connectivity index (χ1) is 9.81. The lowest BCUT2D eigenvalue weighted by atomic mass is 10.2. The van der Waals surface area contributed by atoms with Crippen LogP contribution in [0.25, 0.3) is 0 Å². The number of carbonyl (C=O) groups is 1. The van der Waals surface area contributed by atoms with E-state index < -0.39 is 0 Å². The Labute approximate surface area is 117 Å². The number of rotatable bonds is 4. The van der Waals surface area contributed by atoms with Gasteiger partial charge in [-0.05, 0) is 36.6 Å². The first-order valence-electron chi connectivity index (χ1n) is 6.80. The predicted octanol–water partition coefficient (Wildman–Crippen LogP) is 2.05. The third kappa shape index (κ3) is 3.05. The highest BCUT2D eigenvalue weighted by atomic mass is 16.5. The standard InChI is InChI=1S/C15H17N3O2/c19-15(14-6-2-9-20-14)17-13-5-1-4-12(10-13)11-18-8-3-7-16-18/h1,3-5,7-8,10,14H,2,6,9,11H2,(H,17,19). The topological polar surface area (TPSA) is 56.2 Å². The third-order valence-electron chi connectivity index (χ3n) is 3.32. The Hall–Kier alpha value is -2.14. The molecule has 5 nitrogen and oxygen atoms in total. The van der Waals surface area contributed by atoms with Crippen LogP contribution in [-0.4, -0.2) is 28.4 Å². The van der Waals surface area contributed by atoms with Gasteiger partial charge < -0.3 is 10.1 Å². The number of carbonyl (C=O) groups excluding carboxylic acids is 1. The minimum atomic E-state index is -0.301. The summed E-state index contributed by atoms with van der Waals surface area (Å²) in [7, 11) is 0. The minimum absolute atomic E-state index is 0.0567. The van der Waals surface area contributed by atoms with Crippen molar-refractivity contribution in [3.8, 4) is 0 Å². The molecule has 1 atom stereocenters. The van der Waals surface area contributed by atoms with Crippen LogP contribution in [-0.2, 0) is 16.1 Å². The Bertz CT molecular complexity index is 575. The van der Waals surface area contributed by atoms with E-state index in [1.165, 1.54) is 0 Å². The van der Waals surface area contributed by atoms with Gasteiger partial charge >= 0.3 is 0 Å². The van der Waals surface area contributed by atoms with Gasteiger partial charge in [0.1, 0.15) is 6.10 Å². The summed E-state index contributed by atoms with van der Waals surface area (Å²) in [4.78, 5) is 12.0. The van der Waals surface area contributed by atoms with Crippen molar-refractivity contribution in [1.29, 1.82) is 0 Å². The summed E-state index contributed by atoms with van der Waals surface area (Å²) in [6, 6.07) is 9.70. The molecule has 3 rings (SSSR count). The minimum Gasteiger partial charge on any atom is -0.368 e. The lowest BCUT2D eigenvalue weighted by Gasteiger charge is -2.11. The Balaban J connectivity index is 1.66. The lowest BCUT2D eigenvalue weighted by molar-refractivity contribution is -0.124. The molecule has 20 heavy (non-hydrogen) atoms. The third-order valence-corrected chi connectivity index (χ3v) is 3.32. The zero-order chi connectivity index (χ0) is 13.8. The average Bonchev–Trinajstić information content (AvgIpc) is 3.12. The van der Waals surface area contributed by atoms with Gasteiger partial charge in [-0.25, -0.2) is 0 Å². The summed E-state index contributed by atoms with van der Waals surface area (Å²) in [5, 5.41) is 7.08. The largest absolute Gasteiger partial charge is 0.368 e. The quantitative estimate of drug-likeness (QED) is 0.926. The monoisotopic (exact) mass is 271 g/mol. The van der Waals surface area contributed by atoms with Gasteiger partial charge in [0.25, 0.3) is 5.91 Å². The van der Waals surface area contributed by atoms with Gasteiger partial charge in [-0.2, -0.15) is 5.10 Å². The highest BCUT2D eigenvalue weighted by Gasteiger charge is 2.23. The molecule has 2 heterocycles. The second-order valence-corrected chi connectivity index (χ2v) is 4.89. The van der Waals surface area contributed by atoms with Crippen LogP contribution in [0, 0.1) is 0 Å². The molecule has 5 heteroatoms. The Morgan fingerprint density at radius 1 is 1.45 bits per heavy atom. The van der Waals surface area contributed by atoms with Crippen molar-refractivity contribution in [2.75, 3.05) is 11.9 Å². The maximum atomic E-state index is 12.0. The van der Waals surface area contributed by atoms with Crippen LogP contribution in [0.4, 0.5) is 5.69 Å². The molecule has 1 aromatic carbocycles. The Kier molecular flexibility index (Phi) is 3.78. The first kappa shape index (κ1) is 12.9. The normalized spacial score (nSPS) is 18.1. The molecule has 0 bridgehead atoms. The molecule has 1 aliphatic heterocycles. The van der Waals surface area contributed by atoms with Crippen LogP contribution in [0.2, 0.25) is 0 Å². The van der Waals surface area contributed by atoms with Gasteiger partial charge in [0.15, 0.2) is 0 Å². The first-order valence-corrected chi connectivity index (χ1v) is 6.80. The molecular formula is C15H17N3O2. The van der Waals surface area contributed by atoms with Crippen molar-refractivity contribution in [3.63, 3.8) is 0 Å².